The standard InChI is InChI=1S/C21H21NO3/c1-3-17-18-11-16(24-2)9-10-20(18)22-21(19(17)12-23)14-25-13-15-7-5-4-6-8-15/h4-12H,3,13-14H2,1-2H3. The molecule has 128 valence electrons. The van der Waals surface area contributed by atoms with Crippen molar-refractivity contribution in [1.82, 2.24) is 4.98 Å². The van der Waals surface area contributed by atoms with Crippen molar-refractivity contribution in [3.8, 4) is 5.75 Å². The summed E-state index contributed by atoms with van der Waals surface area (Å²) in [6.07, 6.45) is 1.62. The lowest BCUT2D eigenvalue weighted by molar-refractivity contribution is 0.101. The molecule has 0 spiro atoms. The minimum Gasteiger partial charge on any atom is -0.497 e. The molecule has 0 fully saturated rings. The Hall–Kier alpha value is -2.72. The lowest BCUT2D eigenvalue weighted by Gasteiger charge is -2.14. The molecule has 0 bridgehead atoms. The third-order valence-electron chi connectivity index (χ3n) is 4.24. The zero-order valence-corrected chi connectivity index (χ0v) is 14.5. The summed E-state index contributed by atoms with van der Waals surface area (Å²) in [5, 5.41) is 0.954. The Morgan fingerprint density at radius 3 is 2.56 bits per heavy atom. The number of rotatable bonds is 7. The van der Waals surface area contributed by atoms with Gasteiger partial charge in [-0.25, -0.2) is 4.98 Å². The van der Waals surface area contributed by atoms with Crippen molar-refractivity contribution < 1.29 is 14.3 Å². The molecule has 25 heavy (non-hydrogen) atoms. The summed E-state index contributed by atoms with van der Waals surface area (Å²) in [5.74, 6) is 0.758. The molecule has 0 aliphatic rings. The highest BCUT2D eigenvalue weighted by Gasteiger charge is 2.14. The van der Waals surface area contributed by atoms with Crippen LogP contribution < -0.4 is 4.74 Å². The lowest BCUT2D eigenvalue weighted by Crippen LogP contribution is -2.06. The fourth-order valence-electron chi connectivity index (χ4n) is 2.98. The van der Waals surface area contributed by atoms with E-state index in [1.807, 2.05) is 55.5 Å². The van der Waals surface area contributed by atoms with Gasteiger partial charge in [0, 0.05) is 10.9 Å². The molecule has 0 aliphatic carbocycles. The van der Waals surface area contributed by atoms with Gasteiger partial charge in [-0.15, -0.1) is 0 Å². The van der Waals surface area contributed by atoms with E-state index in [0.717, 1.165) is 40.5 Å². The van der Waals surface area contributed by atoms with Crippen molar-refractivity contribution in [3.05, 3.63) is 70.9 Å². The molecule has 0 N–H and O–H groups in total. The number of methoxy groups -OCH3 is 1. The minimum atomic E-state index is 0.304. The van der Waals surface area contributed by atoms with Gasteiger partial charge >= 0.3 is 0 Å². The Bertz CT molecular complexity index is 875. The molecule has 4 nitrogen and oxygen atoms in total. The van der Waals surface area contributed by atoms with Gasteiger partial charge < -0.3 is 9.47 Å². The second kappa shape index (κ2) is 7.90. The van der Waals surface area contributed by atoms with Gasteiger partial charge in [-0.2, -0.15) is 0 Å². The number of ether oxygens (including phenoxy) is 2. The Balaban J connectivity index is 1.92. The number of carbonyl (C=O) groups excluding carboxylic acids is 1. The molecule has 3 rings (SSSR count). The number of nitrogens with zero attached hydrogens (tertiary/aromatic N) is 1. The van der Waals surface area contributed by atoms with E-state index >= 15 is 0 Å². The molecular formula is C21H21NO3. The van der Waals surface area contributed by atoms with E-state index in [0.29, 0.717) is 24.5 Å². The van der Waals surface area contributed by atoms with Crippen LogP contribution in [0.4, 0.5) is 0 Å². The SMILES string of the molecule is CCc1c(C=O)c(COCc2ccccc2)nc2ccc(OC)cc12. The number of hydrogen-bond acceptors (Lipinski definition) is 4. The molecule has 4 heteroatoms. The number of benzene rings is 2. The van der Waals surface area contributed by atoms with Gasteiger partial charge in [0.1, 0.15) is 5.75 Å². The van der Waals surface area contributed by atoms with Gasteiger partial charge in [-0.05, 0) is 35.7 Å². The Kier molecular flexibility index (Phi) is 5.41. The van der Waals surface area contributed by atoms with Crippen LogP contribution >= 0.6 is 0 Å². The van der Waals surface area contributed by atoms with Crippen molar-refractivity contribution in [1.29, 1.82) is 0 Å². The van der Waals surface area contributed by atoms with E-state index in [2.05, 4.69) is 4.98 Å². The number of aryl methyl sites for hydroxylation is 1. The van der Waals surface area contributed by atoms with Gasteiger partial charge in [-0.3, -0.25) is 4.79 Å². The first-order chi connectivity index (χ1) is 12.3. The average Bonchev–Trinajstić information content (AvgIpc) is 2.67. The first-order valence-electron chi connectivity index (χ1n) is 8.33. The van der Waals surface area contributed by atoms with E-state index in [1.165, 1.54) is 0 Å². The third kappa shape index (κ3) is 3.69. The van der Waals surface area contributed by atoms with Crippen LogP contribution in [0.2, 0.25) is 0 Å². The van der Waals surface area contributed by atoms with Crippen LogP contribution in [0.15, 0.2) is 48.5 Å². The smallest absolute Gasteiger partial charge is 0.152 e. The summed E-state index contributed by atoms with van der Waals surface area (Å²) in [6.45, 7) is 2.83. The van der Waals surface area contributed by atoms with Crippen LogP contribution in [0.3, 0.4) is 0 Å². The van der Waals surface area contributed by atoms with Crippen molar-refractivity contribution in [2.45, 2.75) is 26.6 Å². The van der Waals surface area contributed by atoms with E-state index < -0.39 is 0 Å². The Morgan fingerprint density at radius 1 is 1.08 bits per heavy atom. The van der Waals surface area contributed by atoms with E-state index in [-0.39, 0.29) is 0 Å². The summed E-state index contributed by atoms with van der Waals surface area (Å²) < 4.78 is 11.1. The monoisotopic (exact) mass is 335 g/mol. The molecule has 0 unspecified atom stereocenters. The summed E-state index contributed by atoms with van der Waals surface area (Å²) >= 11 is 0. The first-order valence-corrected chi connectivity index (χ1v) is 8.33. The number of carbonyl (C=O) groups is 1. The highest BCUT2D eigenvalue weighted by atomic mass is 16.5. The Morgan fingerprint density at radius 2 is 1.88 bits per heavy atom. The van der Waals surface area contributed by atoms with Gasteiger partial charge in [0.25, 0.3) is 0 Å². The molecule has 0 radical (unpaired) electrons. The van der Waals surface area contributed by atoms with Crippen molar-refractivity contribution in [2.24, 2.45) is 0 Å². The molecule has 3 aromatic rings. The lowest BCUT2D eigenvalue weighted by atomic mass is 9.99. The van der Waals surface area contributed by atoms with Gasteiger partial charge in [0.2, 0.25) is 0 Å². The van der Waals surface area contributed by atoms with Crippen LogP contribution in [-0.2, 0) is 24.4 Å². The maximum absolute atomic E-state index is 11.7. The number of aromatic nitrogens is 1. The van der Waals surface area contributed by atoms with Gasteiger partial charge in [0.05, 0.1) is 31.5 Å². The molecule has 0 saturated carbocycles. The maximum atomic E-state index is 11.7. The molecule has 0 atom stereocenters. The summed E-state index contributed by atoms with van der Waals surface area (Å²) in [7, 11) is 1.63. The molecule has 0 amide bonds. The topological polar surface area (TPSA) is 48.4 Å². The molecule has 1 heterocycles. The van der Waals surface area contributed by atoms with E-state index in [1.54, 1.807) is 7.11 Å². The Labute approximate surface area is 147 Å². The number of hydrogen-bond donors (Lipinski definition) is 0. The fourth-order valence-corrected chi connectivity index (χ4v) is 2.98. The molecule has 0 aliphatic heterocycles. The highest BCUT2D eigenvalue weighted by molar-refractivity contribution is 5.92. The van der Waals surface area contributed by atoms with Gasteiger partial charge in [0.15, 0.2) is 6.29 Å². The zero-order valence-electron chi connectivity index (χ0n) is 14.5. The number of pyridine rings is 1. The van der Waals surface area contributed by atoms with Crippen LogP contribution in [0.25, 0.3) is 10.9 Å². The minimum absolute atomic E-state index is 0.304. The molecule has 2 aromatic carbocycles. The first kappa shape index (κ1) is 17.1. The average molecular weight is 335 g/mol. The van der Waals surface area contributed by atoms with E-state index in [9.17, 15) is 4.79 Å². The van der Waals surface area contributed by atoms with Crippen LogP contribution in [0, 0.1) is 0 Å². The highest BCUT2D eigenvalue weighted by Crippen LogP contribution is 2.27. The largest absolute Gasteiger partial charge is 0.497 e. The quantitative estimate of drug-likeness (QED) is 0.603. The summed E-state index contributed by atoms with van der Waals surface area (Å²) in [5.41, 5.74) is 4.23. The maximum Gasteiger partial charge on any atom is 0.152 e. The predicted molar refractivity (Wildman–Crippen MR) is 98.0 cm³/mol. The second-order valence-electron chi connectivity index (χ2n) is 5.78. The second-order valence-corrected chi connectivity index (χ2v) is 5.78. The zero-order chi connectivity index (χ0) is 17.6. The van der Waals surface area contributed by atoms with Gasteiger partial charge in [-0.1, -0.05) is 37.3 Å². The van der Waals surface area contributed by atoms with Crippen LogP contribution in [-0.4, -0.2) is 18.4 Å². The third-order valence-corrected chi connectivity index (χ3v) is 4.24. The normalized spacial score (nSPS) is 10.8. The van der Waals surface area contributed by atoms with Crippen molar-refractivity contribution in [2.75, 3.05) is 7.11 Å². The molecule has 1 aromatic heterocycles. The summed E-state index contributed by atoms with van der Waals surface area (Å²) in [6, 6.07) is 15.7. The molecular weight excluding hydrogens is 314 g/mol. The van der Waals surface area contributed by atoms with E-state index in [4.69, 9.17) is 9.47 Å². The summed E-state index contributed by atoms with van der Waals surface area (Å²) in [4.78, 5) is 16.4. The fraction of sp³-hybridized carbons (Fsp3) is 0.238. The van der Waals surface area contributed by atoms with Crippen molar-refractivity contribution in [3.63, 3.8) is 0 Å². The number of aldehydes is 1. The number of fused-ring (bicyclic) bond motifs is 1. The van der Waals surface area contributed by atoms with Crippen LogP contribution in [0.1, 0.15) is 34.1 Å². The van der Waals surface area contributed by atoms with Crippen molar-refractivity contribution >= 4 is 17.2 Å². The predicted octanol–water partition coefficient (Wildman–Crippen LogP) is 4.34. The molecule has 0 saturated heterocycles. The van der Waals surface area contributed by atoms with Crippen LogP contribution in [0.5, 0.6) is 5.75 Å².